The Kier molecular flexibility index (Phi) is 14.4. The Morgan fingerprint density at radius 1 is 0.474 bits per heavy atom. The first kappa shape index (κ1) is 55.8. The summed E-state index contributed by atoms with van der Waals surface area (Å²) in [6.07, 6.45) is 1.21. The van der Waals surface area contributed by atoms with Crippen LogP contribution in [0.1, 0.15) is 31.8 Å². The first-order valence-corrected chi connectivity index (χ1v) is 29.3. The molecule has 0 aliphatic heterocycles. The number of Topliss-reactive ketones (excluding diaryl/α,β-unsaturated/α-hetero) is 2. The molecule has 0 saturated heterocycles. The topological polar surface area (TPSA) is 507 Å². The van der Waals surface area contributed by atoms with Gasteiger partial charge in [0.15, 0.2) is 11.4 Å². The third kappa shape index (κ3) is 12.0. The molecule has 12 N–H and O–H groups in total. The molecule has 0 unspecified atom stereocenters. The lowest BCUT2D eigenvalue weighted by Gasteiger charge is -2.21. The van der Waals surface area contributed by atoms with Gasteiger partial charge in [-0.15, -0.1) is 0 Å². The number of benzene rings is 5. The molecule has 406 valence electrons. The SMILES string of the molecule is O=C1/C(=N/Nc2ccccc2S(=O)(=O)O)C(S(=O)(=O)O)=Cc2cc(S(=O)(=O)O)cc(N=c3nc(Nc4ccc(Nc5cc(S(=O)(=O)O)cc6c5C(=O)/C(=N/Nc5ccccc5S(=O)(=O)O)C(S(=O)(=O)O)=C6)cc4)nc(O)[nH]3)c21. The van der Waals surface area contributed by atoms with Crippen LogP contribution in [0.3, 0.4) is 0 Å². The number of aromatic amines is 1. The number of H-pyrrole nitrogens is 1. The van der Waals surface area contributed by atoms with Crippen molar-refractivity contribution in [3.05, 3.63) is 135 Å². The lowest BCUT2D eigenvalue weighted by molar-refractivity contribution is 0.105. The lowest BCUT2D eigenvalue weighted by Crippen LogP contribution is -2.28. The molecule has 0 fully saturated rings. The van der Waals surface area contributed by atoms with Crippen LogP contribution >= 0.6 is 0 Å². The van der Waals surface area contributed by atoms with E-state index in [2.05, 4.69) is 51.6 Å². The van der Waals surface area contributed by atoms with E-state index in [-0.39, 0.29) is 11.4 Å². The molecular formula is C41H30N10O21S6. The zero-order chi connectivity index (χ0) is 57.1. The van der Waals surface area contributed by atoms with Crippen molar-refractivity contribution >= 4 is 136 Å². The van der Waals surface area contributed by atoms with E-state index in [9.17, 15) is 92.5 Å². The van der Waals surface area contributed by atoms with Crippen molar-refractivity contribution in [3.63, 3.8) is 0 Å². The summed E-state index contributed by atoms with van der Waals surface area (Å²) in [6, 6.07) is 15.9. The number of allylic oxidation sites excluding steroid dienone is 2. The smallest absolute Gasteiger partial charge is 0.297 e. The molecule has 0 bridgehead atoms. The standard InChI is InChI=1S/C41H30N10O21S6/c52-37-33-19(15-31(77(67,68)69)35(37)50-48-25-5-1-3-7-29(25)75(61,62)63)13-23(73(55,56)57)17-27(33)42-21-9-11-22(12-10-21)43-39-45-40(47-41(54)46-39)44-28-18-24(74(58,59)60)14-20-16-32(78(70,71)72)36(38(53)34(20)28)51-49-26-6-2-4-8-30(26)76(64,65)66/h1-18,42,48-49H,(H,55,56,57)(H,58,59,60)(H,61,62,63)(H,64,65,66)(H,67,68,69)(H,70,71,72)(H3,43,44,45,46,47,54)/b50-35+,51-36+. The maximum Gasteiger partial charge on any atom is 0.297 e. The molecule has 0 radical (unpaired) electrons. The number of hydrogen-bond acceptors (Lipinski definition) is 24. The molecule has 2 aliphatic carbocycles. The summed E-state index contributed by atoms with van der Waals surface area (Å²) in [6.45, 7) is 0. The van der Waals surface area contributed by atoms with E-state index in [1.54, 1.807) is 0 Å². The van der Waals surface area contributed by atoms with Crippen molar-refractivity contribution in [2.24, 2.45) is 15.2 Å². The zero-order valence-corrected chi connectivity index (χ0v) is 42.8. The van der Waals surface area contributed by atoms with E-state index in [4.69, 9.17) is 0 Å². The number of hydrazone groups is 2. The molecule has 37 heteroatoms. The number of carbonyl (C=O) groups excluding carboxylic acids is 2. The van der Waals surface area contributed by atoms with Crippen LogP contribution in [0.15, 0.2) is 142 Å². The van der Waals surface area contributed by atoms with Crippen LogP contribution in [-0.2, 0) is 60.7 Å². The lowest BCUT2D eigenvalue weighted by atomic mass is 9.92. The van der Waals surface area contributed by atoms with Crippen LogP contribution in [0.5, 0.6) is 6.01 Å². The van der Waals surface area contributed by atoms with Gasteiger partial charge in [0.2, 0.25) is 23.1 Å². The predicted octanol–water partition coefficient (Wildman–Crippen LogP) is 3.00. The highest BCUT2D eigenvalue weighted by Gasteiger charge is 2.38. The van der Waals surface area contributed by atoms with Gasteiger partial charge in [0, 0.05) is 11.4 Å². The van der Waals surface area contributed by atoms with Gasteiger partial charge >= 0.3 is 0 Å². The maximum atomic E-state index is 14.1. The number of anilines is 6. The molecule has 6 aromatic rings. The zero-order valence-electron chi connectivity index (χ0n) is 37.9. The number of aromatic hydroxyl groups is 1. The molecule has 0 amide bonds. The van der Waals surface area contributed by atoms with Crippen molar-refractivity contribution < 1.29 is 92.5 Å². The summed E-state index contributed by atoms with van der Waals surface area (Å²) in [7, 11) is -30.9. The van der Waals surface area contributed by atoms with Gasteiger partial charge in [-0.05, 0) is 96.1 Å². The van der Waals surface area contributed by atoms with Crippen molar-refractivity contribution in [3.8, 4) is 6.01 Å². The van der Waals surface area contributed by atoms with Crippen LogP contribution in [0.4, 0.5) is 40.1 Å². The molecule has 0 saturated carbocycles. The molecule has 78 heavy (non-hydrogen) atoms. The van der Waals surface area contributed by atoms with Crippen molar-refractivity contribution in [2.75, 3.05) is 21.5 Å². The van der Waals surface area contributed by atoms with Gasteiger partial charge in [0.25, 0.3) is 66.7 Å². The highest BCUT2D eigenvalue weighted by molar-refractivity contribution is 7.91. The molecule has 1 heterocycles. The summed E-state index contributed by atoms with van der Waals surface area (Å²) in [5.74, 6) is -3.21. The maximum absolute atomic E-state index is 14.1. The minimum Gasteiger partial charge on any atom is -0.480 e. The number of fused-ring (bicyclic) bond motifs is 2. The van der Waals surface area contributed by atoms with Gasteiger partial charge < -0.3 is 15.7 Å². The van der Waals surface area contributed by atoms with E-state index in [1.165, 1.54) is 48.5 Å². The Morgan fingerprint density at radius 3 is 1.37 bits per heavy atom. The van der Waals surface area contributed by atoms with Crippen LogP contribution in [0.2, 0.25) is 0 Å². The van der Waals surface area contributed by atoms with E-state index in [0.29, 0.717) is 30.4 Å². The Bertz CT molecular complexity index is 4540. The number of ketones is 2. The molecule has 2 aliphatic rings. The van der Waals surface area contributed by atoms with E-state index in [1.807, 2.05) is 0 Å². The molecule has 5 aromatic carbocycles. The number of carbonyl (C=O) groups is 2. The van der Waals surface area contributed by atoms with Crippen LogP contribution in [-0.4, -0.2) is 121 Å². The normalized spacial score (nSPS) is 15.5. The van der Waals surface area contributed by atoms with Gasteiger partial charge in [-0.25, -0.2) is 4.99 Å². The first-order chi connectivity index (χ1) is 36.2. The summed E-state index contributed by atoms with van der Waals surface area (Å²) < 4.78 is 207. The highest BCUT2D eigenvalue weighted by Crippen LogP contribution is 2.37. The summed E-state index contributed by atoms with van der Waals surface area (Å²) >= 11 is 0. The second-order valence-electron chi connectivity index (χ2n) is 15.8. The first-order valence-electron chi connectivity index (χ1n) is 20.6. The average molecular weight is 1190 g/mol. The Labute approximate surface area is 438 Å². The summed E-state index contributed by atoms with van der Waals surface area (Å²) in [5.41, 5.74) is -2.75. The van der Waals surface area contributed by atoms with E-state index in [0.717, 1.165) is 30.3 Å². The predicted molar refractivity (Wildman–Crippen MR) is 271 cm³/mol. The molecule has 1 aromatic heterocycles. The molecule has 8 rings (SSSR count). The highest BCUT2D eigenvalue weighted by atomic mass is 32.2. The summed E-state index contributed by atoms with van der Waals surface area (Å²) in [5, 5.41) is 23.4. The number of hydrogen-bond donors (Lipinski definition) is 12. The van der Waals surface area contributed by atoms with Gasteiger partial charge in [-0.2, -0.15) is 70.7 Å². The van der Waals surface area contributed by atoms with Gasteiger partial charge in [-0.1, -0.05) is 24.3 Å². The van der Waals surface area contributed by atoms with Gasteiger partial charge in [0.1, 0.15) is 19.6 Å². The van der Waals surface area contributed by atoms with Crippen LogP contribution in [0.25, 0.3) is 12.2 Å². The van der Waals surface area contributed by atoms with Crippen LogP contribution < -0.4 is 27.1 Å². The largest absolute Gasteiger partial charge is 0.480 e. The monoisotopic (exact) mass is 1190 g/mol. The number of para-hydroxylation sites is 2. The fourth-order valence-corrected chi connectivity index (χ4v) is 11.0. The third-order valence-electron chi connectivity index (χ3n) is 10.5. The average Bonchev–Trinajstić information content (AvgIpc) is 3.38. The molecule has 0 spiro atoms. The van der Waals surface area contributed by atoms with Gasteiger partial charge in [-0.3, -0.25) is 52.7 Å². The minimum atomic E-state index is -5.42. The Hall–Kier alpha value is -8.47. The Morgan fingerprint density at radius 2 is 0.910 bits per heavy atom. The number of aromatic nitrogens is 3. The fraction of sp³-hybridized carbons (Fsp3) is 0. The molecule has 0 atom stereocenters. The number of rotatable bonds is 15. The minimum absolute atomic E-state index is 0.0345. The van der Waals surface area contributed by atoms with E-state index < -0.39 is 176 Å². The van der Waals surface area contributed by atoms with E-state index >= 15 is 0 Å². The van der Waals surface area contributed by atoms with Crippen molar-refractivity contribution in [1.29, 1.82) is 0 Å². The molecular weight excluding hydrogens is 1160 g/mol. The van der Waals surface area contributed by atoms with Crippen LogP contribution in [0, 0.1) is 0 Å². The van der Waals surface area contributed by atoms with Crippen molar-refractivity contribution in [1.82, 2.24) is 15.0 Å². The third-order valence-corrected chi connectivity index (χ3v) is 15.8. The number of nitrogens with one attached hydrogen (secondary N) is 5. The summed E-state index contributed by atoms with van der Waals surface area (Å²) in [4.78, 5) is 36.6. The fourth-order valence-electron chi connectivity index (χ4n) is 7.28. The Balaban J connectivity index is 1.14. The van der Waals surface area contributed by atoms with Crippen molar-refractivity contribution in [2.45, 2.75) is 19.6 Å². The molecule has 31 nitrogen and oxygen atoms in total. The second kappa shape index (κ2) is 20.2. The number of nitrogens with zero attached hydrogens (tertiary/aromatic N) is 5. The van der Waals surface area contributed by atoms with Gasteiger partial charge in [0.05, 0.1) is 43.7 Å². The second-order valence-corrected chi connectivity index (χ2v) is 24.2. The quantitative estimate of drug-likeness (QED) is 0.0519.